The van der Waals surface area contributed by atoms with Crippen molar-refractivity contribution in [3.05, 3.63) is 16.5 Å². The topological polar surface area (TPSA) is 119 Å². The number of carbonyl (C=O) groups excluding carboxylic acids is 1. The lowest BCUT2D eigenvalue weighted by Crippen LogP contribution is -2.29. The van der Waals surface area contributed by atoms with E-state index in [2.05, 4.69) is 9.97 Å². The molecule has 1 atom stereocenters. The Labute approximate surface area is 138 Å². The lowest BCUT2D eigenvalue weighted by molar-refractivity contribution is 0.0695. The Balaban J connectivity index is 2.13. The van der Waals surface area contributed by atoms with Crippen LogP contribution in [0, 0.1) is 0 Å². The van der Waals surface area contributed by atoms with E-state index in [4.69, 9.17) is 22.1 Å². The minimum atomic E-state index is -1.21. The second kappa shape index (κ2) is 7.45. The van der Waals surface area contributed by atoms with Crippen molar-refractivity contribution in [3.63, 3.8) is 0 Å². The highest BCUT2D eigenvalue weighted by Gasteiger charge is 2.33. The van der Waals surface area contributed by atoms with Gasteiger partial charge in [0.1, 0.15) is 11.4 Å². The van der Waals surface area contributed by atoms with Crippen molar-refractivity contribution >= 4 is 29.5 Å². The number of nitrogens with zero attached hydrogens (tertiary/aromatic N) is 3. The van der Waals surface area contributed by atoms with Gasteiger partial charge in [-0.1, -0.05) is 13.3 Å². The fourth-order valence-corrected chi connectivity index (χ4v) is 2.71. The molecule has 0 aliphatic carbocycles. The summed E-state index contributed by atoms with van der Waals surface area (Å²) in [7, 11) is 0. The van der Waals surface area contributed by atoms with Crippen LogP contribution < -0.4 is 5.73 Å². The number of likely N-dealkylation sites (tertiary alicyclic amines) is 1. The van der Waals surface area contributed by atoms with E-state index in [1.807, 2.05) is 6.92 Å². The van der Waals surface area contributed by atoms with Gasteiger partial charge >= 0.3 is 12.1 Å². The molecule has 1 aliphatic heterocycles. The molecule has 9 heteroatoms. The minimum Gasteiger partial charge on any atom is -0.477 e. The predicted molar refractivity (Wildman–Crippen MR) is 83.6 cm³/mol. The van der Waals surface area contributed by atoms with Crippen molar-refractivity contribution in [1.82, 2.24) is 14.9 Å². The first-order chi connectivity index (χ1) is 10.9. The molecule has 2 heterocycles. The van der Waals surface area contributed by atoms with E-state index < -0.39 is 12.1 Å². The molecule has 0 spiro atoms. The number of unbranched alkanes of at least 4 members (excludes halogenated alkanes) is 1. The van der Waals surface area contributed by atoms with Crippen LogP contribution in [0.4, 0.5) is 10.6 Å². The van der Waals surface area contributed by atoms with Crippen molar-refractivity contribution < 1.29 is 19.4 Å². The van der Waals surface area contributed by atoms with Gasteiger partial charge in [-0.25, -0.2) is 19.6 Å². The molecular formula is C14H19ClN4O4. The summed E-state index contributed by atoms with van der Waals surface area (Å²) in [5, 5.41) is 9.20. The lowest BCUT2D eigenvalue weighted by atomic mass is 9.99. The summed E-state index contributed by atoms with van der Waals surface area (Å²) in [4.78, 5) is 32.6. The highest BCUT2D eigenvalue weighted by atomic mass is 35.5. The molecule has 1 aromatic heterocycles. The zero-order valence-corrected chi connectivity index (χ0v) is 13.5. The third kappa shape index (κ3) is 4.01. The van der Waals surface area contributed by atoms with Crippen molar-refractivity contribution in [3.8, 4) is 0 Å². The van der Waals surface area contributed by atoms with Gasteiger partial charge in [0.25, 0.3) is 0 Å². The predicted octanol–water partition coefficient (Wildman–Crippen LogP) is 2.14. The molecule has 0 bridgehead atoms. The zero-order valence-electron chi connectivity index (χ0n) is 12.8. The van der Waals surface area contributed by atoms with Crippen LogP contribution in [0.5, 0.6) is 0 Å². The van der Waals surface area contributed by atoms with Crippen LogP contribution in [0.3, 0.4) is 0 Å². The number of carboxylic acid groups (broad SMARTS) is 1. The molecule has 126 valence electrons. The molecular weight excluding hydrogens is 324 g/mol. The number of amides is 1. The number of anilines is 1. The first-order valence-electron chi connectivity index (χ1n) is 7.42. The summed E-state index contributed by atoms with van der Waals surface area (Å²) < 4.78 is 5.16. The first-order valence-corrected chi connectivity index (χ1v) is 7.79. The van der Waals surface area contributed by atoms with Gasteiger partial charge in [-0.2, -0.15) is 0 Å². The van der Waals surface area contributed by atoms with E-state index in [9.17, 15) is 14.7 Å². The summed E-state index contributed by atoms with van der Waals surface area (Å²) in [6.45, 7) is 3.17. The number of halogens is 1. The lowest BCUT2D eigenvalue weighted by Gasteiger charge is -2.17. The van der Waals surface area contributed by atoms with Crippen LogP contribution in [0.15, 0.2) is 0 Å². The number of hydrogen-bond acceptors (Lipinski definition) is 6. The van der Waals surface area contributed by atoms with Crippen LogP contribution in [-0.4, -0.2) is 51.7 Å². The number of aromatic carboxylic acids is 1. The average Bonchev–Trinajstić information content (AvgIpc) is 2.95. The highest BCUT2D eigenvalue weighted by Crippen LogP contribution is 2.31. The molecule has 0 saturated carbocycles. The molecule has 1 aliphatic rings. The first kappa shape index (κ1) is 17.3. The Hall–Kier alpha value is -2.09. The molecule has 23 heavy (non-hydrogen) atoms. The second-order valence-electron chi connectivity index (χ2n) is 5.34. The molecule has 1 aromatic rings. The third-order valence-electron chi connectivity index (χ3n) is 3.71. The van der Waals surface area contributed by atoms with E-state index in [1.165, 1.54) is 4.90 Å². The maximum Gasteiger partial charge on any atom is 0.409 e. The number of aromatic nitrogens is 2. The van der Waals surface area contributed by atoms with E-state index >= 15 is 0 Å². The maximum absolute atomic E-state index is 12.0. The standard InChI is InChI=1S/C14H19ClN4O4/c1-2-3-6-23-14(22)19-5-4-8(7-19)10-9(12(20)21)11(16)18-13(15)17-10/h8H,2-7H2,1H3,(H,20,21)(H2,16,17,18). The number of ether oxygens (including phenoxy) is 1. The summed E-state index contributed by atoms with van der Waals surface area (Å²) >= 11 is 5.79. The van der Waals surface area contributed by atoms with Gasteiger partial charge in [0.15, 0.2) is 0 Å². The van der Waals surface area contributed by atoms with Crippen molar-refractivity contribution in [2.24, 2.45) is 0 Å². The van der Waals surface area contributed by atoms with E-state index in [-0.39, 0.29) is 28.3 Å². The molecule has 1 amide bonds. The molecule has 2 rings (SSSR count). The Morgan fingerprint density at radius 1 is 1.48 bits per heavy atom. The Morgan fingerprint density at radius 2 is 2.22 bits per heavy atom. The van der Waals surface area contributed by atoms with Crippen LogP contribution in [0.1, 0.15) is 48.2 Å². The van der Waals surface area contributed by atoms with Gasteiger partial charge < -0.3 is 20.5 Å². The summed E-state index contributed by atoms with van der Waals surface area (Å²) in [6, 6.07) is 0. The van der Waals surface area contributed by atoms with Gasteiger partial charge in [0, 0.05) is 19.0 Å². The monoisotopic (exact) mass is 342 g/mol. The average molecular weight is 343 g/mol. The smallest absolute Gasteiger partial charge is 0.409 e. The molecule has 0 aromatic carbocycles. The normalized spacial score (nSPS) is 17.3. The SMILES string of the molecule is CCCCOC(=O)N1CCC(c2nc(Cl)nc(N)c2C(=O)O)C1. The van der Waals surface area contributed by atoms with Gasteiger partial charge in [0.05, 0.1) is 12.3 Å². The molecule has 8 nitrogen and oxygen atoms in total. The number of nitrogen functional groups attached to an aromatic ring is 1. The van der Waals surface area contributed by atoms with E-state index in [0.29, 0.717) is 26.1 Å². The molecule has 1 saturated heterocycles. The quantitative estimate of drug-likeness (QED) is 0.621. The number of carbonyl (C=O) groups is 2. The van der Waals surface area contributed by atoms with E-state index in [0.717, 1.165) is 12.8 Å². The Morgan fingerprint density at radius 3 is 2.87 bits per heavy atom. The van der Waals surface area contributed by atoms with Gasteiger partial charge in [0.2, 0.25) is 5.28 Å². The molecule has 1 unspecified atom stereocenters. The molecule has 0 radical (unpaired) electrons. The number of hydrogen-bond donors (Lipinski definition) is 2. The fourth-order valence-electron chi connectivity index (χ4n) is 2.53. The Kier molecular flexibility index (Phi) is 5.59. The van der Waals surface area contributed by atoms with Crippen molar-refractivity contribution in [2.75, 3.05) is 25.4 Å². The summed E-state index contributed by atoms with van der Waals surface area (Å²) in [5.41, 5.74) is 5.76. The molecule has 1 fully saturated rings. The van der Waals surface area contributed by atoms with Gasteiger partial charge in [-0.05, 0) is 24.4 Å². The summed E-state index contributed by atoms with van der Waals surface area (Å²) in [6.07, 6.45) is 1.92. The Bertz CT molecular complexity index is 611. The number of nitrogens with two attached hydrogens (primary N) is 1. The zero-order chi connectivity index (χ0) is 17.0. The van der Waals surface area contributed by atoms with E-state index in [1.54, 1.807) is 0 Å². The van der Waals surface area contributed by atoms with Crippen molar-refractivity contribution in [2.45, 2.75) is 32.1 Å². The third-order valence-corrected chi connectivity index (χ3v) is 3.88. The van der Waals surface area contributed by atoms with Gasteiger partial charge in [-0.3, -0.25) is 0 Å². The minimum absolute atomic E-state index is 0.105. The van der Waals surface area contributed by atoms with Gasteiger partial charge in [-0.15, -0.1) is 0 Å². The highest BCUT2D eigenvalue weighted by molar-refractivity contribution is 6.28. The van der Waals surface area contributed by atoms with Crippen molar-refractivity contribution in [1.29, 1.82) is 0 Å². The number of carboxylic acids is 1. The fraction of sp³-hybridized carbons (Fsp3) is 0.571. The van der Waals surface area contributed by atoms with Crippen LogP contribution in [0.25, 0.3) is 0 Å². The number of rotatable bonds is 5. The maximum atomic E-state index is 12.0. The largest absolute Gasteiger partial charge is 0.477 e. The van der Waals surface area contributed by atoms with Crippen LogP contribution in [-0.2, 0) is 4.74 Å². The summed E-state index contributed by atoms with van der Waals surface area (Å²) in [5.74, 6) is -1.64. The second-order valence-corrected chi connectivity index (χ2v) is 5.68. The molecule has 3 N–H and O–H groups in total. The van der Waals surface area contributed by atoms with Crippen LogP contribution in [0.2, 0.25) is 5.28 Å². The van der Waals surface area contributed by atoms with Crippen LogP contribution >= 0.6 is 11.6 Å².